The molecule has 150 valence electrons. The molecule has 1 aromatic carbocycles. The minimum Gasteiger partial charge on any atom is -0.481 e. The molecule has 1 fully saturated rings. The zero-order valence-corrected chi connectivity index (χ0v) is 15.9. The van der Waals surface area contributed by atoms with Crippen LogP contribution in [-0.4, -0.2) is 38.7 Å². The molecule has 0 radical (unpaired) electrons. The van der Waals surface area contributed by atoms with Gasteiger partial charge in [0.25, 0.3) is 5.91 Å². The zero-order chi connectivity index (χ0) is 20.3. The first kappa shape index (κ1) is 19.9. The van der Waals surface area contributed by atoms with Crippen LogP contribution in [0.4, 0.5) is 0 Å². The second-order valence-electron chi connectivity index (χ2n) is 7.53. The Morgan fingerprint density at radius 2 is 1.93 bits per heavy atom. The van der Waals surface area contributed by atoms with Crippen molar-refractivity contribution in [3.05, 3.63) is 30.0 Å². The minimum absolute atomic E-state index is 0.176. The summed E-state index contributed by atoms with van der Waals surface area (Å²) in [6, 6.07) is 6.10. The summed E-state index contributed by atoms with van der Waals surface area (Å²) in [5, 5.41) is 16.8. The molecule has 1 heterocycles. The molecule has 3 rings (SSSR count). The fourth-order valence-electron chi connectivity index (χ4n) is 3.84. The van der Waals surface area contributed by atoms with Crippen molar-refractivity contribution < 1.29 is 19.5 Å². The van der Waals surface area contributed by atoms with E-state index in [0.29, 0.717) is 11.3 Å². The van der Waals surface area contributed by atoms with E-state index < -0.39 is 29.7 Å². The maximum Gasteiger partial charge on any atom is 0.308 e. The van der Waals surface area contributed by atoms with Crippen LogP contribution in [0.15, 0.2) is 24.3 Å². The third-order valence-corrected chi connectivity index (χ3v) is 5.51. The molecule has 4 N–H and O–H groups in total. The number of para-hydroxylation sites is 1. The van der Waals surface area contributed by atoms with E-state index in [4.69, 9.17) is 10.8 Å². The first-order valence-electron chi connectivity index (χ1n) is 9.67. The van der Waals surface area contributed by atoms with Gasteiger partial charge in [0.2, 0.25) is 5.91 Å². The molecule has 28 heavy (non-hydrogen) atoms. The molecule has 8 nitrogen and oxygen atoms in total. The number of aliphatic carboxylic acids is 1. The lowest BCUT2D eigenvalue weighted by Gasteiger charge is -2.21. The predicted molar refractivity (Wildman–Crippen MR) is 104 cm³/mol. The Morgan fingerprint density at radius 3 is 2.57 bits per heavy atom. The number of amides is 2. The van der Waals surface area contributed by atoms with Crippen molar-refractivity contribution in [2.45, 2.75) is 51.6 Å². The number of hydrogen-bond donors (Lipinski definition) is 3. The lowest BCUT2D eigenvalue weighted by Crippen LogP contribution is -2.50. The van der Waals surface area contributed by atoms with E-state index in [1.54, 1.807) is 6.07 Å². The van der Waals surface area contributed by atoms with Crippen LogP contribution in [0.25, 0.3) is 10.9 Å². The molecule has 0 spiro atoms. The van der Waals surface area contributed by atoms with Crippen molar-refractivity contribution in [3.63, 3.8) is 0 Å². The van der Waals surface area contributed by atoms with E-state index in [-0.39, 0.29) is 5.69 Å². The van der Waals surface area contributed by atoms with Crippen molar-refractivity contribution in [2.75, 3.05) is 0 Å². The summed E-state index contributed by atoms with van der Waals surface area (Å²) < 4.78 is 1.85. The standard InChI is InChI=1S/C20H26N4O4/c1-12(20(27)28)16(18(21)25)22-19(26)17-14-9-5-6-10-15(14)24(23-17)11-13-7-3-2-4-8-13/h5-6,9-10,12-13,16H,2-4,7-8,11H2,1H3,(H2,21,25)(H,22,26)(H,27,28)/t12-,16-/m0/s1. The zero-order valence-electron chi connectivity index (χ0n) is 15.9. The Balaban J connectivity index is 1.88. The Labute approximate surface area is 163 Å². The van der Waals surface area contributed by atoms with Crippen molar-refractivity contribution in [1.82, 2.24) is 15.1 Å². The number of nitrogens with two attached hydrogens (primary N) is 1. The summed E-state index contributed by atoms with van der Waals surface area (Å²) in [7, 11) is 0. The fraction of sp³-hybridized carbons (Fsp3) is 0.500. The van der Waals surface area contributed by atoms with Gasteiger partial charge in [0.1, 0.15) is 6.04 Å². The van der Waals surface area contributed by atoms with E-state index in [1.807, 2.05) is 22.9 Å². The highest BCUT2D eigenvalue weighted by Gasteiger charge is 2.31. The minimum atomic E-state index is -1.31. The molecular formula is C20H26N4O4. The monoisotopic (exact) mass is 386 g/mol. The smallest absolute Gasteiger partial charge is 0.308 e. The molecule has 1 aromatic heterocycles. The number of benzene rings is 1. The highest BCUT2D eigenvalue weighted by molar-refractivity contribution is 6.06. The van der Waals surface area contributed by atoms with Gasteiger partial charge in [-0.3, -0.25) is 19.1 Å². The Kier molecular flexibility index (Phi) is 5.96. The lowest BCUT2D eigenvalue weighted by molar-refractivity contribution is -0.144. The summed E-state index contributed by atoms with van der Waals surface area (Å²) in [6.45, 7) is 2.07. The SMILES string of the molecule is C[C@H](C(=O)O)[C@H](NC(=O)c1nn(CC2CCCCC2)c2ccccc12)C(N)=O. The van der Waals surface area contributed by atoms with Gasteiger partial charge in [-0.2, -0.15) is 5.10 Å². The molecule has 1 aliphatic carbocycles. The summed E-state index contributed by atoms with van der Waals surface area (Å²) in [6.07, 6.45) is 5.99. The second-order valence-corrected chi connectivity index (χ2v) is 7.53. The highest BCUT2D eigenvalue weighted by Crippen LogP contribution is 2.27. The predicted octanol–water partition coefficient (Wildman–Crippen LogP) is 1.92. The summed E-state index contributed by atoms with van der Waals surface area (Å²) >= 11 is 0. The fourth-order valence-corrected chi connectivity index (χ4v) is 3.84. The van der Waals surface area contributed by atoms with Crippen LogP contribution >= 0.6 is 0 Å². The van der Waals surface area contributed by atoms with E-state index in [9.17, 15) is 14.4 Å². The lowest BCUT2D eigenvalue weighted by atomic mass is 9.89. The number of nitrogens with one attached hydrogen (secondary N) is 1. The maximum atomic E-state index is 12.8. The first-order valence-corrected chi connectivity index (χ1v) is 9.67. The largest absolute Gasteiger partial charge is 0.481 e. The van der Waals surface area contributed by atoms with Crippen LogP contribution in [0.5, 0.6) is 0 Å². The number of carboxylic acid groups (broad SMARTS) is 1. The number of carbonyl (C=O) groups is 3. The maximum absolute atomic E-state index is 12.8. The van der Waals surface area contributed by atoms with E-state index in [2.05, 4.69) is 10.4 Å². The summed E-state index contributed by atoms with van der Waals surface area (Å²) in [5.74, 6) is -3.32. The number of nitrogens with zero attached hydrogens (tertiary/aromatic N) is 2. The molecule has 2 atom stereocenters. The average Bonchev–Trinajstić information content (AvgIpc) is 3.04. The number of carboxylic acids is 1. The number of fused-ring (bicyclic) bond motifs is 1. The number of rotatable bonds is 7. The normalized spacial score (nSPS) is 17.2. The van der Waals surface area contributed by atoms with Gasteiger partial charge in [-0.25, -0.2) is 0 Å². The van der Waals surface area contributed by atoms with Gasteiger partial charge in [0.15, 0.2) is 5.69 Å². The van der Waals surface area contributed by atoms with Crippen molar-refractivity contribution in [3.8, 4) is 0 Å². The molecule has 2 aromatic rings. The Morgan fingerprint density at radius 1 is 1.25 bits per heavy atom. The van der Waals surface area contributed by atoms with Crippen LogP contribution < -0.4 is 11.1 Å². The quantitative estimate of drug-likeness (QED) is 0.670. The highest BCUT2D eigenvalue weighted by atomic mass is 16.4. The van der Waals surface area contributed by atoms with Crippen LogP contribution in [-0.2, 0) is 16.1 Å². The average molecular weight is 386 g/mol. The van der Waals surface area contributed by atoms with Crippen LogP contribution in [0.1, 0.15) is 49.5 Å². The van der Waals surface area contributed by atoms with Gasteiger partial charge in [-0.15, -0.1) is 0 Å². The molecule has 0 unspecified atom stereocenters. The molecule has 0 saturated heterocycles. The van der Waals surface area contributed by atoms with Crippen LogP contribution in [0.3, 0.4) is 0 Å². The number of carbonyl (C=O) groups excluding carboxylic acids is 2. The Hall–Kier alpha value is -2.90. The van der Waals surface area contributed by atoms with Gasteiger partial charge in [-0.1, -0.05) is 37.5 Å². The Bertz CT molecular complexity index is 885. The molecule has 1 aliphatic rings. The molecular weight excluding hydrogens is 360 g/mol. The van der Waals surface area contributed by atoms with Crippen LogP contribution in [0, 0.1) is 11.8 Å². The number of aromatic nitrogens is 2. The molecule has 1 saturated carbocycles. The first-order chi connectivity index (χ1) is 13.4. The third-order valence-electron chi connectivity index (χ3n) is 5.51. The second kappa shape index (κ2) is 8.41. The van der Waals surface area contributed by atoms with Gasteiger partial charge < -0.3 is 16.2 Å². The molecule has 8 heteroatoms. The van der Waals surface area contributed by atoms with Crippen molar-refractivity contribution >= 4 is 28.7 Å². The van der Waals surface area contributed by atoms with Crippen LogP contribution in [0.2, 0.25) is 0 Å². The molecule has 0 aliphatic heterocycles. The number of primary amides is 1. The summed E-state index contributed by atoms with van der Waals surface area (Å²) in [4.78, 5) is 35.7. The number of hydrogen-bond acceptors (Lipinski definition) is 4. The van der Waals surface area contributed by atoms with Gasteiger partial charge in [0.05, 0.1) is 11.4 Å². The molecule has 2 amide bonds. The van der Waals surface area contributed by atoms with Gasteiger partial charge >= 0.3 is 5.97 Å². The molecule has 0 bridgehead atoms. The van der Waals surface area contributed by atoms with E-state index >= 15 is 0 Å². The van der Waals surface area contributed by atoms with E-state index in [0.717, 1.165) is 24.9 Å². The van der Waals surface area contributed by atoms with E-state index in [1.165, 1.54) is 26.2 Å². The third kappa shape index (κ3) is 4.16. The topological polar surface area (TPSA) is 127 Å². The van der Waals surface area contributed by atoms with Crippen molar-refractivity contribution in [1.29, 1.82) is 0 Å². The van der Waals surface area contributed by atoms with Crippen molar-refractivity contribution in [2.24, 2.45) is 17.6 Å². The summed E-state index contributed by atoms with van der Waals surface area (Å²) in [5.41, 5.74) is 6.32. The van der Waals surface area contributed by atoms with Gasteiger partial charge in [-0.05, 0) is 31.7 Å². The van der Waals surface area contributed by atoms with Gasteiger partial charge in [0, 0.05) is 11.9 Å².